The average molecular weight is 613 g/mol. The third kappa shape index (κ3) is 6.68. The second kappa shape index (κ2) is 13.1. The average Bonchev–Trinajstić information content (AvgIpc) is 3.41. The number of rotatable bonds is 9. The number of nitrogens with zero attached hydrogens (tertiary/aromatic N) is 6. The molecule has 3 heterocycles. The summed E-state index contributed by atoms with van der Waals surface area (Å²) in [6.07, 6.45) is 2.38. The van der Waals surface area contributed by atoms with Gasteiger partial charge in [0.25, 0.3) is 5.91 Å². The first-order valence-electron chi connectivity index (χ1n) is 15.2. The Balaban J connectivity index is 1.46. The Labute approximate surface area is 263 Å². The maximum Gasteiger partial charge on any atom is 0.270 e. The molecule has 1 aliphatic rings. The van der Waals surface area contributed by atoms with E-state index in [0.29, 0.717) is 28.7 Å². The summed E-state index contributed by atoms with van der Waals surface area (Å²) in [6.45, 7) is 15.5. The lowest BCUT2D eigenvalue weighted by Crippen LogP contribution is -2.49. The second-order valence-corrected chi connectivity index (χ2v) is 12.0. The van der Waals surface area contributed by atoms with Crippen molar-refractivity contribution in [1.82, 2.24) is 24.3 Å². The third-order valence-corrected chi connectivity index (χ3v) is 8.08. The number of anilines is 4. The Kier molecular flexibility index (Phi) is 9.19. The minimum atomic E-state index is -0.568. The van der Waals surface area contributed by atoms with Gasteiger partial charge in [-0.15, -0.1) is 0 Å². The molecular formula is C34H41FN8O2. The van der Waals surface area contributed by atoms with E-state index >= 15 is 4.39 Å². The van der Waals surface area contributed by atoms with Crippen molar-refractivity contribution in [3.63, 3.8) is 0 Å². The first kappa shape index (κ1) is 31.6. The van der Waals surface area contributed by atoms with Crippen LogP contribution < -0.4 is 15.5 Å². The maximum atomic E-state index is 15.2. The highest BCUT2D eigenvalue weighted by atomic mass is 19.1. The fourth-order valence-electron chi connectivity index (χ4n) is 5.73. The Morgan fingerprint density at radius 1 is 1.00 bits per heavy atom. The Morgan fingerprint density at radius 3 is 2.38 bits per heavy atom. The lowest BCUT2D eigenvalue weighted by molar-refractivity contribution is -0.111. The van der Waals surface area contributed by atoms with Crippen LogP contribution in [-0.2, 0) is 4.79 Å². The number of carbonyl (C=O) groups is 2. The predicted octanol–water partition coefficient (Wildman–Crippen LogP) is 5.92. The molecule has 11 heteroatoms. The zero-order valence-corrected chi connectivity index (χ0v) is 26.8. The van der Waals surface area contributed by atoms with Crippen molar-refractivity contribution in [3.8, 4) is 11.3 Å². The van der Waals surface area contributed by atoms with E-state index in [-0.39, 0.29) is 29.5 Å². The summed E-state index contributed by atoms with van der Waals surface area (Å²) in [4.78, 5) is 40.2. The van der Waals surface area contributed by atoms with Crippen molar-refractivity contribution in [2.45, 2.75) is 39.8 Å². The number of carbonyl (C=O) groups excluding carboxylic acids is 2. The highest BCUT2D eigenvalue weighted by Crippen LogP contribution is 2.33. The Morgan fingerprint density at radius 2 is 1.73 bits per heavy atom. The second-order valence-electron chi connectivity index (χ2n) is 12.0. The maximum absolute atomic E-state index is 15.2. The molecular weight excluding hydrogens is 571 g/mol. The van der Waals surface area contributed by atoms with Crippen LogP contribution in [0.15, 0.2) is 61.3 Å². The van der Waals surface area contributed by atoms with Crippen LogP contribution in [0.3, 0.4) is 0 Å². The van der Waals surface area contributed by atoms with Crippen molar-refractivity contribution < 1.29 is 14.0 Å². The fraction of sp³-hybridized carbons (Fsp3) is 0.353. The van der Waals surface area contributed by atoms with Crippen LogP contribution in [0.4, 0.5) is 27.4 Å². The van der Waals surface area contributed by atoms with Gasteiger partial charge in [0.05, 0.1) is 17.6 Å². The van der Waals surface area contributed by atoms with E-state index in [4.69, 9.17) is 0 Å². The number of aromatic nitrogens is 3. The first-order valence-corrected chi connectivity index (χ1v) is 15.2. The molecule has 4 aromatic rings. The summed E-state index contributed by atoms with van der Waals surface area (Å²) in [6, 6.07) is 13.5. The molecule has 2 N–H and O–H groups in total. The van der Waals surface area contributed by atoms with Gasteiger partial charge >= 0.3 is 0 Å². The van der Waals surface area contributed by atoms with Crippen LogP contribution in [0.1, 0.15) is 44.2 Å². The predicted molar refractivity (Wildman–Crippen MR) is 179 cm³/mol. The molecule has 2 amide bonds. The SMILES string of the molecule is C=CC(=O)Nc1cc(Nc2ncc(F)c(-c3ccc4cc(C(=O)N(C)C)n(C(C)C)c4c3)n2)ccc1N1CCN(C(C)C)CC1. The Hall–Kier alpha value is -4.77. The summed E-state index contributed by atoms with van der Waals surface area (Å²) in [7, 11) is 3.44. The fourth-order valence-corrected chi connectivity index (χ4v) is 5.73. The molecule has 0 spiro atoms. The van der Waals surface area contributed by atoms with E-state index in [9.17, 15) is 9.59 Å². The molecule has 5 rings (SSSR count). The molecule has 0 atom stereocenters. The number of hydrogen-bond acceptors (Lipinski definition) is 7. The van der Waals surface area contributed by atoms with Gasteiger partial charge in [-0.25, -0.2) is 14.4 Å². The van der Waals surface area contributed by atoms with Gasteiger partial charge in [-0.1, -0.05) is 18.7 Å². The third-order valence-electron chi connectivity index (χ3n) is 8.08. The molecule has 0 saturated carbocycles. The highest BCUT2D eigenvalue weighted by molar-refractivity contribution is 6.02. The smallest absolute Gasteiger partial charge is 0.270 e. The van der Waals surface area contributed by atoms with Crippen LogP contribution in [0.25, 0.3) is 22.2 Å². The topological polar surface area (TPSA) is 98.6 Å². The van der Waals surface area contributed by atoms with Crippen molar-refractivity contribution >= 4 is 45.7 Å². The van der Waals surface area contributed by atoms with Crippen LogP contribution >= 0.6 is 0 Å². The van der Waals surface area contributed by atoms with Crippen LogP contribution in [0, 0.1) is 5.82 Å². The van der Waals surface area contributed by atoms with Crippen LogP contribution in [-0.4, -0.2) is 82.5 Å². The van der Waals surface area contributed by atoms with Gasteiger partial charge in [0.15, 0.2) is 5.82 Å². The Bertz CT molecular complexity index is 1740. The quantitative estimate of drug-likeness (QED) is 0.227. The van der Waals surface area contributed by atoms with E-state index in [1.54, 1.807) is 25.1 Å². The van der Waals surface area contributed by atoms with Crippen molar-refractivity contribution in [3.05, 3.63) is 72.8 Å². The standard InChI is InChI=1S/C34H41FN8O2/c1-8-31(44)38-27-19-25(11-12-28(27)42-15-13-41(14-16-42)21(2)3)37-34-36-20-26(35)32(39-34)24-10-9-23-17-30(33(45)40(6)7)43(22(4)5)29(23)18-24/h8-12,17-22H,1,13-16H2,2-7H3,(H,38,44)(H,36,37,39). The van der Waals surface area contributed by atoms with Crippen LogP contribution in [0.5, 0.6) is 0 Å². The van der Waals surface area contributed by atoms with E-state index in [0.717, 1.165) is 49.0 Å². The van der Waals surface area contributed by atoms with Gasteiger partial charge in [-0.05, 0) is 64.1 Å². The zero-order valence-electron chi connectivity index (χ0n) is 26.8. The molecule has 1 fully saturated rings. The molecule has 2 aromatic heterocycles. The number of halogens is 1. The molecule has 1 saturated heterocycles. The van der Waals surface area contributed by atoms with Crippen molar-refractivity contribution in [2.24, 2.45) is 0 Å². The summed E-state index contributed by atoms with van der Waals surface area (Å²) < 4.78 is 17.2. The van der Waals surface area contributed by atoms with Crippen molar-refractivity contribution in [2.75, 3.05) is 55.8 Å². The molecule has 45 heavy (non-hydrogen) atoms. The number of benzene rings is 2. The molecule has 236 valence electrons. The summed E-state index contributed by atoms with van der Waals surface area (Å²) in [5.74, 6) is -0.782. The summed E-state index contributed by atoms with van der Waals surface area (Å²) in [5.41, 5.74) is 4.24. The molecule has 1 aliphatic heterocycles. The lowest BCUT2D eigenvalue weighted by Gasteiger charge is -2.38. The molecule has 2 aromatic carbocycles. The highest BCUT2D eigenvalue weighted by Gasteiger charge is 2.23. The molecule has 0 radical (unpaired) electrons. The van der Waals surface area contributed by atoms with Gasteiger partial charge in [-0.2, -0.15) is 0 Å². The van der Waals surface area contributed by atoms with Gasteiger partial charge < -0.3 is 25.0 Å². The monoisotopic (exact) mass is 612 g/mol. The summed E-state index contributed by atoms with van der Waals surface area (Å²) in [5, 5.41) is 6.98. The number of hydrogen-bond donors (Lipinski definition) is 2. The molecule has 0 bridgehead atoms. The molecule has 0 aliphatic carbocycles. The van der Waals surface area contributed by atoms with E-state index in [2.05, 4.69) is 50.8 Å². The minimum Gasteiger partial charge on any atom is -0.367 e. The normalized spacial score (nSPS) is 13.8. The van der Waals surface area contributed by atoms with E-state index < -0.39 is 5.82 Å². The zero-order chi connectivity index (χ0) is 32.4. The number of amides is 2. The van der Waals surface area contributed by atoms with Gasteiger partial charge in [-0.3, -0.25) is 14.5 Å². The number of piperazine rings is 1. The van der Waals surface area contributed by atoms with Crippen molar-refractivity contribution in [1.29, 1.82) is 0 Å². The minimum absolute atomic E-state index is 0.00181. The largest absolute Gasteiger partial charge is 0.367 e. The number of fused-ring (bicyclic) bond motifs is 1. The summed E-state index contributed by atoms with van der Waals surface area (Å²) >= 11 is 0. The first-order chi connectivity index (χ1) is 21.5. The van der Waals surface area contributed by atoms with Crippen LogP contribution in [0.2, 0.25) is 0 Å². The molecule has 10 nitrogen and oxygen atoms in total. The van der Waals surface area contributed by atoms with Gasteiger partial charge in [0.2, 0.25) is 11.9 Å². The van der Waals surface area contributed by atoms with E-state index in [1.165, 1.54) is 6.08 Å². The number of nitrogens with one attached hydrogen (secondary N) is 2. The van der Waals surface area contributed by atoms with Gasteiger partial charge in [0, 0.05) is 74.5 Å². The van der Waals surface area contributed by atoms with E-state index in [1.807, 2.05) is 54.8 Å². The molecule has 0 unspecified atom stereocenters. The lowest BCUT2D eigenvalue weighted by atomic mass is 10.1. The van der Waals surface area contributed by atoms with Gasteiger partial charge in [0.1, 0.15) is 11.4 Å².